The van der Waals surface area contributed by atoms with Gasteiger partial charge >= 0.3 is 0 Å². The van der Waals surface area contributed by atoms with Gasteiger partial charge in [-0.3, -0.25) is 9.59 Å². The first-order valence-corrected chi connectivity index (χ1v) is 9.76. The molecule has 0 aliphatic carbocycles. The van der Waals surface area contributed by atoms with Crippen LogP contribution in [0.4, 0.5) is 10.1 Å². The van der Waals surface area contributed by atoms with Crippen LogP contribution in [0, 0.1) is 12.7 Å². The standard InChI is InChI=1S/C23H21FN2O5/c1-15-10-19(27)22(31-14-16-2-4-17(24)5-3-16)12-26(15)13-23(28)25-18-6-7-20-21(11-18)30-9-8-29-20/h2-7,10-12H,8-9,13-14H2,1H3,(H,25,28). The van der Waals surface area contributed by atoms with Crippen LogP contribution < -0.4 is 25.0 Å². The van der Waals surface area contributed by atoms with Crippen LogP contribution in [0.25, 0.3) is 0 Å². The molecule has 0 bridgehead atoms. The summed E-state index contributed by atoms with van der Waals surface area (Å²) in [4.78, 5) is 24.8. The normalized spacial score (nSPS) is 12.3. The highest BCUT2D eigenvalue weighted by Gasteiger charge is 2.14. The number of carbonyl (C=O) groups excluding carboxylic acids is 1. The Bertz CT molecular complexity index is 1160. The van der Waals surface area contributed by atoms with Crippen molar-refractivity contribution in [3.8, 4) is 17.2 Å². The summed E-state index contributed by atoms with van der Waals surface area (Å²) in [6.45, 7) is 2.80. The molecule has 3 aromatic rings. The molecule has 1 aliphatic rings. The lowest BCUT2D eigenvalue weighted by Gasteiger charge is -2.19. The number of anilines is 1. The van der Waals surface area contributed by atoms with Gasteiger partial charge in [0.2, 0.25) is 11.3 Å². The minimum absolute atomic E-state index is 0.00648. The third-order valence-corrected chi connectivity index (χ3v) is 4.76. The van der Waals surface area contributed by atoms with Crippen LogP contribution in [-0.2, 0) is 17.9 Å². The van der Waals surface area contributed by atoms with Crippen LogP contribution in [0.15, 0.2) is 59.5 Å². The van der Waals surface area contributed by atoms with Crippen molar-refractivity contribution in [2.24, 2.45) is 0 Å². The molecule has 2 aromatic carbocycles. The molecule has 2 heterocycles. The minimum Gasteiger partial charge on any atom is -0.486 e. The molecule has 4 rings (SSSR count). The zero-order valence-electron chi connectivity index (χ0n) is 16.9. The molecule has 0 unspecified atom stereocenters. The Balaban J connectivity index is 1.43. The maximum absolute atomic E-state index is 13.0. The SMILES string of the molecule is Cc1cc(=O)c(OCc2ccc(F)cc2)cn1CC(=O)Nc1ccc2c(c1)OCCO2. The molecular formula is C23H21FN2O5. The Kier molecular flexibility index (Phi) is 5.88. The van der Waals surface area contributed by atoms with E-state index in [1.807, 2.05) is 0 Å². The van der Waals surface area contributed by atoms with Gasteiger partial charge in [-0.25, -0.2) is 4.39 Å². The molecule has 0 spiro atoms. The first-order valence-electron chi connectivity index (χ1n) is 9.76. The van der Waals surface area contributed by atoms with Crippen LogP contribution in [-0.4, -0.2) is 23.7 Å². The van der Waals surface area contributed by atoms with Crippen molar-refractivity contribution in [1.29, 1.82) is 0 Å². The van der Waals surface area contributed by atoms with E-state index in [0.29, 0.717) is 36.1 Å². The molecule has 8 heteroatoms. The number of rotatable bonds is 6. The second-order valence-corrected chi connectivity index (χ2v) is 7.09. The van der Waals surface area contributed by atoms with E-state index >= 15 is 0 Å². The Morgan fingerprint density at radius 3 is 2.61 bits per heavy atom. The van der Waals surface area contributed by atoms with Crippen LogP contribution in [0.1, 0.15) is 11.3 Å². The van der Waals surface area contributed by atoms with Gasteiger partial charge in [-0.1, -0.05) is 12.1 Å². The van der Waals surface area contributed by atoms with Gasteiger partial charge in [0.05, 0.1) is 6.20 Å². The summed E-state index contributed by atoms with van der Waals surface area (Å²) in [6, 6.07) is 12.4. The quantitative estimate of drug-likeness (QED) is 0.657. The molecule has 0 saturated heterocycles. The monoisotopic (exact) mass is 424 g/mol. The number of carbonyl (C=O) groups is 1. The summed E-state index contributed by atoms with van der Waals surface area (Å²) in [5, 5.41) is 2.82. The lowest BCUT2D eigenvalue weighted by atomic mass is 10.2. The Labute approximate surface area is 178 Å². The number of benzene rings is 2. The molecule has 0 saturated carbocycles. The fourth-order valence-corrected chi connectivity index (χ4v) is 3.15. The van der Waals surface area contributed by atoms with Crippen molar-refractivity contribution < 1.29 is 23.4 Å². The summed E-state index contributed by atoms with van der Waals surface area (Å²) >= 11 is 0. The number of amides is 1. The zero-order chi connectivity index (χ0) is 21.8. The summed E-state index contributed by atoms with van der Waals surface area (Å²) in [5.41, 5.74) is 1.64. The molecule has 31 heavy (non-hydrogen) atoms. The number of hydrogen-bond acceptors (Lipinski definition) is 5. The number of nitrogens with zero attached hydrogens (tertiary/aromatic N) is 1. The number of aryl methyl sites for hydroxylation is 1. The van der Waals surface area contributed by atoms with Crippen molar-refractivity contribution in [1.82, 2.24) is 4.57 Å². The average Bonchev–Trinajstić information content (AvgIpc) is 2.76. The van der Waals surface area contributed by atoms with Gasteiger partial charge in [0, 0.05) is 23.5 Å². The van der Waals surface area contributed by atoms with Gasteiger partial charge in [-0.05, 0) is 36.8 Å². The molecule has 7 nitrogen and oxygen atoms in total. The van der Waals surface area contributed by atoms with E-state index in [2.05, 4.69) is 5.32 Å². The Morgan fingerprint density at radius 2 is 1.84 bits per heavy atom. The van der Waals surface area contributed by atoms with Crippen LogP contribution in [0.2, 0.25) is 0 Å². The molecular weight excluding hydrogens is 403 g/mol. The first-order chi connectivity index (χ1) is 15.0. The Hall–Kier alpha value is -3.81. The fourth-order valence-electron chi connectivity index (χ4n) is 3.15. The number of fused-ring (bicyclic) bond motifs is 1. The van der Waals surface area contributed by atoms with Crippen LogP contribution in [0.5, 0.6) is 17.2 Å². The van der Waals surface area contributed by atoms with E-state index in [4.69, 9.17) is 14.2 Å². The van der Waals surface area contributed by atoms with Gasteiger partial charge in [0.1, 0.15) is 32.2 Å². The second-order valence-electron chi connectivity index (χ2n) is 7.09. The minimum atomic E-state index is -0.342. The summed E-state index contributed by atoms with van der Waals surface area (Å²) < 4.78 is 31.3. The number of pyridine rings is 1. The topological polar surface area (TPSA) is 78.8 Å². The van der Waals surface area contributed by atoms with Gasteiger partial charge in [0.25, 0.3) is 0 Å². The first kappa shape index (κ1) is 20.5. The highest BCUT2D eigenvalue weighted by molar-refractivity contribution is 5.91. The molecule has 1 aromatic heterocycles. The van der Waals surface area contributed by atoms with E-state index < -0.39 is 0 Å². The van der Waals surface area contributed by atoms with E-state index in [0.717, 1.165) is 5.56 Å². The molecule has 1 N–H and O–H groups in total. The number of halogens is 1. The van der Waals surface area contributed by atoms with Crippen LogP contribution in [0.3, 0.4) is 0 Å². The van der Waals surface area contributed by atoms with Crippen molar-refractivity contribution in [3.63, 3.8) is 0 Å². The van der Waals surface area contributed by atoms with Crippen molar-refractivity contribution >= 4 is 11.6 Å². The smallest absolute Gasteiger partial charge is 0.244 e. The van der Waals surface area contributed by atoms with E-state index in [1.54, 1.807) is 41.8 Å². The maximum atomic E-state index is 13.0. The molecule has 1 amide bonds. The van der Waals surface area contributed by atoms with E-state index in [-0.39, 0.29) is 36.1 Å². The highest BCUT2D eigenvalue weighted by atomic mass is 19.1. The van der Waals surface area contributed by atoms with Crippen LogP contribution >= 0.6 is 0 Å². The molecule has 160 valence electrons. The zero-order valence-corrected chi connectivity index (χ0v) is 16.9. The van der Waals surface area contributed by atoms with E-state index in [9.17, 15) is 14.0 Å². The van der Waals surface area contributed by atoms with Gasteiger partial charge in [-0.15, -0.1) is 0 Å². The summed E-state index contributed by atoms with van der Waals surface area (Å²) in [7, 11) is 0. The molecule has 1 aliphatic heterocycles. The molecule has 0 fully saturated rings. The average molecular weight is 424 g/mol. The molecule has 0 radical (unpaired) electrons. The highest BCUT2D eigenvalue weighted by Crippen LogP contribution is 2.32. The second kappa shape index (κ2) is 8.91. The van der Waals surface area contributed by atoms with Gasteiger partial charge < -0.3 is 24.1 Å². The van der Waals surface area contributed by atoms with Crippen molar-refractivity contribution in [2.45, 2.75) is 20.1 Å². The number of nitrogens with one attached hydrogen (secondary N) is 1. The summed E-state index contributed by atoms with van der Waals surface area (Å²) in [6.07, 6.45) is 1.50. The van der Waals surface area contributed by atoms with E-state index in [1.165, 1.54) is 24.4 Å². The summed E-state index contributed by atoms with van der Waals surface area (Å²) in [5.74, 6) is 0.726. The predicted octanol–water partition coefficient (Wildman–Crippen LogP) is 3.28. The fraction of sp³-hybridized carbons (Fsp3) is 0.217. The number of hydrogen-bond donors (Lipinski definition) is 1. The molecule has 0 atom stereocenters. The number of ether oxygens (including phenoxy) is 3. The largest absolute Gasteiger partial charge is 0.486 e. The van der Waals surface area contributed by atoms with Crippen molar-refractivity contribution in [3.05, 3.63) is 82.0 Å². The van der Waals surface area contributed by atoms with Crippen molar-refractivity contribution in [2.75, 3.05) is 18.5 Å². The lowest BCUT2D eigenvalue weighted by Crippen LogP contribution is -2.22. The van der Waals surface area contributed by atoms with Gasteiger partial charge in [0.15, 0.2) is 17.2 Å². The third-order valence-electron chi connectivity index (χ3n) is 4.76. The third kappa shape index (κ3) is 5.03. The number of aromatic nitrogens is 1. The van der Waals surface area contributed by atoms with Gasteiger partial charge in [-0.2, -0.15) is 0 Å². The maximum Gasteiger partial charge on any atom is 0.244 e. The Morgan fingerprint density at radius 1 is 1.10 bits per heavy atom. The predicted molar refractivity (Wildman–Crippen MR) is 112 cm³/mol. The lowest BCUT2D eigenvalue weighted by molar-refractivity contribution is -0.116.